The van der Waals surface area contributed by atoms with Gasteiger partial charge in [0.2, 0.25) is 0 Å². The SMILES string of the molecule is CCCSc1cnccc1C(=O)O. The molecule has 1 N–H and O–H groups in total. The van der Waals surface area contributed by atoms with Gasteiger partial charge in [0.15, 0.2) is 0 Å². The fraction of sp³-hybridized carbons (Fsp3) is 0.333. The maximum absolute atomic E-state index is 10.7. The van der Waals surface area contributed by atoms with Gasteiger partial charge < -0.3 is 5.11 Å². The number of aromatic nitrogens is 1. The number of rotatable bonds is 4. The third kappa shape index (κ3) is 2.73. The highest BCUT2D eigenvalue weighted by molar-refractivity contribution is 7.99. The first-order valence-corrected chi connectivity index (χ1v) is 5.04. The van der Waals surface area contributed by atoms with Crippen LogP contribution in [0, 0.1) is 0 Å². The molecule has 0 aliphatic heterocycles. The lowest BCUT2D eigenvalue weighted by Crippen LogP contribution is -1.99. The van der Waals surface area contributed by atoms with Crippen LogP contribution in [0.4, 0.5) is 0 Å². The van der Waals surface area contributed by atoms with E-state index in [-0.39, 0.29) is 0 Å². The Labute approximate surface area is 81.2 Å². The normalized spacial score (nSPS) is 9.92. The predicted octanol–water partition coefficient (Wildman–Crippen LogP) is 2.28. The number of hydrogen-bond donors (Lipinski definition) is 1. The largest absolute Gasteiger partial charge is 0.478 e. The average Bonchev–Trinajstić information content (AvgIpc) is 2.15. The second kappa shape index (κ2) is 4.87. The zero-order valence-electron chi connectivity index (χ0n) is 7.36. The summed E-state index contributed by atoms with van der Waals surface area (Å²) in [6.45, 7) is 2.06. The molecular formula is C9H11NO2S. The van der Waals surface area contributed by atoms with Crippen LogP contribution in [0.5, 0.6) is 0 Å². The van der Waals surface area contributed by atoms with Crippen molar-refractivity contribution < 1.29 is 9.90 Å². The maximum Gasteiger partial charge on any atom is 0.336 e. The van der Waals surface area contributed by atoms with Crippen molar-refractivity contribution in [3.63, 3.8) is 0 Å². The number of pyridine rings is 1. The van der Waals surface area contributed by atoms with Gasteiger partial charge in [-0.15, -0.1) is 11.8 Å². The fourth-order valence-electron chi connectivity index (χ4n) is 0.884. The monoisotopic (exact) mass is 197 g/mol. The standard InChI is InChI=1S/C9H11NO2S/c1-2-5-13-8-6-10-4-3-7(8)9(11)12/h3-4,6H,2,5H2,1H3,(H,11,12). The molecule has 4 heteroatoms. The molecule has 0 saturated heterocycles. The molecule has 1 aromatic rings. The van der Waals surface area contributed by atoms with Gasteiger partial charge in [0.1, 0.15) is 0 Å². The van der Waals surface area contributed by atoms with E-state index < -0.39 is 5.97 Å². The molecule has 70 valence electrons. The molecule has 3 nitrogen and oxygen atoms in total. The summed E-state index contributed by atoms with van der Waals surface area (Å²) in [5.41, 5.74) is 0.341. The van der Waals surface area contributed by atoms with Crippen molar-refractivity contribution in [3.05, 3.63) is 24.0 Å². The second-order valence-electron chi connectivity index (χ2n) is 2.53. The Morgan fingerprint density at radius 1 is 1.69 bits per heavy atom. The van der Waals surface area contributed by atoms with Crippen molar-refractivity contribution in [2.45, 2.75) is 18.2 Å². The molecule has 0 aromatic carbocycles. The molecule has 0 unspecified atom stereocenters. The number of aromatic carboxylic acids is 1. The average molecular weight is 197 g/mol. The van der Waals surface area contributed by atoms with Gasteiger partial charge in [0.05, 0.1) is 5.56 Å². The first-order valence-electron chi connectivity index (χ1n) is 4.05. The molecule has 0 atom stereocenters. The minimum atomic E-state index is -0.888. The summed E-state index contributed by atoms with van der Waals surface area (Å²) < 4.78 is 0. The van der Waals surface area contributed by atoms with Gasteiger partial charge in [-0.25, -0.2) is 4.79 Å². The lowest BCUT2D eigenvalue weighted by Gasteiger charge is -2.02. The number of nitrogens with zero attached hydrogens (tertiary/aromatic N) is 1. The quantitative estimate of drug-likeness (QED) is 0.752. The van der Waals surface area contributed by atoms with Crippen molar-refractivity contribution in [1.82, 2.24) is 4.98 Å². The lowest BCUT2D eigenvalue weighted by molar-refractivity contribution is 0.0693. The van der Waals surface area contributed by atoms with Gasteiger partial charge in [-0.1, -0.05) is 6.92 Å². The molecule has 0 fully saturated rings. The molecule has 0 bridgehead atoms. The first-order chi connectivity index (χ1) is 6.25. The Kier molecular flexibility index (Phi) is 3.76. The molecule has 0 spiro atoms. The summed E-state index contributed by atoms with van der Waals surface area (Å²) in [7, 11) is 0. The summed E-state index contributed by atoms with van der Waals surface area (Å²) in [6, 6.07) is 1.53. The molecule has 0 aliphatic carbocycles. The lowest BCUT2D eigenvalue weighted by atomic mass is 10.3. The topological polar surface area (TPSA) is 50.2 Å². The predicted molar refractivity (Wildman–Crippen MR) is 52.2 cm³/mol. The van der Waals surface area contributed by atoms with Gasteiger partial charge in [0, 0.05) is 17.3 Å². The van der Waals surface area contributed by atoms with Crippen LogP contribution in [-0.2, 0) is 0 Å². The number of carboxylic acid groups (broad SMARTS) is 1. The minimum Gasteiger partial charge on any atom is -0.478 e. The highest BCUT2D eigenvalue weighted by Crippen LogP contribution is 2.21. The summed E-state index contributed by atoms with van der Waals surface area (Å²) >= 11 is 1.53. The van der Waals surface area contributed by atoms with E-state index >= 15 is 0 Å². The van der Waals surface area contributed by atoms with Crippen molar-refractivity contribution in [2.24, 2.45) is 0 Å². The van der Waals surface area contributed by atoms with Crippen LogP contribution in [0.1, 0.15) is 23.7 Å². The van der Waals surface area contributed by atoms with Crippen LogP contribution in [0.25, 0.3) is 0 Å². The highest BCUT2D eigenvalue weighted by atomic mass is 32.2. The van der Waals surface area contributed by atoms with Crippen LogP contribution >= 0.6 is 11.8 Å². The van der Waals surface area contributed by atoms with Crippen molar-refractivity contribution >= 4 is 17.7 Å². The maximum atomic E-state index is 10.7. The summed E-state index contributed by atoms with van der Waals surface area (Å²) in [6.07, 6.45) is 4.13. The molecular weight excluding hydrogens is 186 g/mol. The first kappa shape index (κ1) is 10.1. The van der Waals surface area contributed by atoms with Crippen LogP contribution in [0.2, 0.25) is 0 Å². The fourth-order valence-corrected chi connectivity index (χ4v) is 1.75. The van der Waals surface area contributed by atoms with Gasteiger partial charge in [-0.3, -0.25) is 4.98 Å². The Balaban J connectivity index is 2.84. The van der Waals surface area contributed by atoms with E-state index in [0.29, 0.717) is 5.56 Å². The third-order valence-corrected chi connectivity index (χ3v) is 2.73. The van der Waals surface area contributed by atoms with Crippen LogP contribution in [-0.4, -0.2) is 21.8 Å². The van der Waals surface area contributed by atoms with Crippen molar-refractivity contribution in [3.8, 4) is 0 Å². The Bertz CT molecular complexity index is 301. The summed E-state index contributed by atoms with van der Waals surface area (Å²) in [5, 5.41) is 8.82. The third-order valence-electron chi connectivity index (χ3n) is 1.48. The van der Waals surface area contributed by atoms with Gasteiger partial charge >= 0.3 is 5.97 Å². The van der Waals surface area contributed by atoms with E-state index in [1.807, 2.05) is 0 Å². The van der Waals surface area contributed by atoms with Gasteiger partial charge in [0.25, 0.3) is 0 Å². The molecule has 0 radical (unpaired) electrons. The number of hydrogen-bond acceptors (Lipinski definition) is 3. The smallest absolute Gasteiger partial charge is 0.336 e. The molecule has 1 rings (SSSR count). The Morgan fingerprint density at radius 2 is 2.46 bits per heavy atom. The molecule has 0 saturated carbocycles. The van der Waals surface area contributed by atoms with E-state index in [0.717, 1.165) is 17.1 Å². The van der Waals surface area contributed by atoms with E-state index in [9.17, 15) is 4.79 Å². The summed E-state index contributed by atoms with van der Waals surface area (Å²) in [4.78, 5) is 15.4. The van der Waals surface area contributed by atoms with Crippen molar-refractivity contribution in [1.29, 1.82) is 0 Å². The number of carbonyl (C=O) groups is 1. The molecule has 0 amide bonds. The van der Waals surface area contributed by atoms with E-state index in [1.54, 1.807) is 6.20 Å². The molecule has 1 aromatic heterocycles. The zero-order chi connectivity index (χ0) is 9.68. The number of carboxylic acids is 1. The molecule has 13 heavy (non-hydrogen) atoms. The zero-order valence-corrected chi connectivity index (χ0v) is 8.17. The van der Waals surface area contributed by atoms with E-state index in [2.05, 4.69) is 11.9 Å². The Morgan fingerprint density at radius 3 is 3.08 bits per heavy atom. The van der Waals surface area contributed by atoms with Crippen LogP contribution in [0.15, 0.2) is 23.4 Å². The minimum absolute atomic E-state index is 0.341. The summed E-state index contributed by atoms with van der Waals surface area (Å²) in [5.74, 6) is 0.0346. The van der Waals surface area contributed by atoms with E-state index in [4.69, 9.17) is 5.11 Å². The molecule has 1 heterocycles. The van der Waals surface area contributed by atoms with Crippen LogP contribution in [0.3, 0.4) is 0 Å². The van der Waals surface area contributed by atoms with E-state index in [1.165, 1.54) is 24.0 Å². The second-order valence-corrected chi connectivity index (χ2v) is 3.66. The van der Waals surface area contributed by atoms with Crippen LogP contribution < -0.4 is 0 Å². The van der Waals surface area contributed by atoms with Crippen molar-refractivity contribution in [2.75, 3.05) is 5.75 Å². The number of thioether (sulfide) groups is 1. The van der Waals surface area contributed by atoms with Gasteiger partial charge in [-0.2, -0.15) is 0 Å². The van der Waals surface area contributed by atoms with Gasteiger partial charge in [-0.05, 0) is 18.2 Å². The highest BCUT2D eigenvalue weighted by Gasteiger charge is 2.08. The molecule has 0 aliphatic rings. The Hall–Kier alpha value is -1.03.